The fourth-order valence-electron chi connectivity index (χ4n) is 4.56. The van der Waals surface area contributed by atoms with E-state index in [0.717, 1.165) is 22.0 Å². The quantitative estimate of drug-likeness (QED) is 0.219. The van der Waals surface area contributed by atoms with Gasteiger partial charge in [-0.2, -0.15) is 0 Å². The zero-order valence-corrected chi connectivity index (χ0v) is 21.4. The third kappa shape index (κ3) is 5.85. The number of aromatic amines is 1. The molecule has 3 heterocycles. The molecule has 2 aromatic carbocycles. The Morgan fingerprint density at radius 3 is 2.76 bits per heavy atom. The summed E-state index contributed by atoms with van der Waals surface area (Å²) < 4.78 is 0. The van der Waals surface area contributed by atoms with Gasteiger partial charge < -0.3 is 26.3 Å². The zero-order valence-electron chi connectivity index (χ0n) is 20.6. The molecule has 38 heavy (non-hydrogen) atoms. The molecule has 0 aliphatic carbocycles. The summed E-state index contributed by atoms with van der Waals surface area (Å²) in [5.74, 6) is -0.0271. The maximum absolute atomic E-state index is 12.9. The highest BCUT2D eigenvalue weighted by molar-refractivity contribution is 6.33. The topological polar surface area (TPSA) is 124 Å². The number of para-hydroxylation sites is 1. The van der Waals surface area contributed by atoms with Gasteiger partial charge in [0.1, 0.15) is 0 Å². The summed E-state index contributed by atoms with van der Waals surface area (Å²) in [6.07, 6.45) is 5.36. The molecule has 5 N–H and O–H groups in total. The molecule has 0 spiro atoms. The molecule has 1 aliphatic rings. The first-order valence-electron chi connectivity index (χ1n) is 12.4. The number of hydrogen-bond donors (Lipinski definition) is 5. The van der Waals surface area contributed by atoms with Crippen LogP contribution in [0.15, 0.2) is 73.6 Å². The van der Waals surface area contributed by atoms with Crippen LogP contribution < -0.4 is 21.3 Å². The smallest absolute Gasteiger partial charge is 0.247 e. The summed E-state index contributed by atoms with van der Waals surface area (Å²) >= 11 is 6.46. The van der Waals surface area contributed by atoms with Crippen LogP contribution in [-0.2, 0) is 16.1 Å². The number of carbonyl (C=O) groups is 2. The van der Waals surface area contributed by atoms with Gasteiger partial charge in [0.2, 0.25) is 17.8 Å². The molecular weight excluding hydrogens is 502 g/mol. The van der Waals surface area contributed by atoms with Gasteiger partial charge in [-0.3, -0.25) is 9.59 Å². The molecule has 9 nitrogen and oxygen atoms in total. The van der Waals surface area contributed by atoms with Crippen molar-refractivity contribution < 1.29 is 9.59 Å². The van der Waals surface area contributed by atoms with E-state index in [1.165, 1.54) is 6.08 Å². The van der Waals surface area contributed by atoms with Crippen LogP contribution in [-0.4, -0.2) is 45.9 Å². The van der Waals surface area contributed by atoms with E-state index < -0.39 is 0 Å². The average Bonchev–Trinajstić information content (AvgIpc) is 3.37. The summed E-state index contributed by atoms with van der Waals surface area (Å²) in [6.45, 7) is 5.13. The Hall–Kier alpha value is -4.21. The number of piperidine rings is 1. The Morgan fingerprint density at radius 1 is 1.13 bits per heavy atom. The summed E-state index contributed by atoms with van der Waals surface area (Å²) in [5, 5.41) is 13.9. The van der Waals surface area contributed by atoms with Gasteiger partial charge >= 0.3 is 0 Å². The lowest BCUT2D eigenvalue weighted by atomic mass is 9.95. The van der Waals surface area contributed by atoms with E-state index >= 15 is 0 Å². The molecule has 1 fully saturated rings. The normalized spacial score (nSPS) is 17.1. The molecule has 2 atom stereocenters. The average molecular weight is 530 g/mol. The van der Waals surface area contributed by atoms with E-state index in [0.29, 0.717) is 48.4 Å². The van der Waals surface area contributed by atoms with Crippen LogP contribution >= 0.6 is 11.6 Å². The van der Waals surface area contributed by atoms with Crippen LogP contribution in [0.4, 0.5) is 11.6 Å². The van der Waals surface area contributed by atoms with E-state index in [-0.39, 0.29) is 23.8 Å². The number of nitrogens with zero attached hydrogens (tertiary/aromatic N) is 2. The van der Waals surface area contributed by atoms with Gasteiger partial charge in [0.05, 0.1) is 22.8 Å². The van der Waals surface area contributed by atoms with Crippen molar-refractivity contribution in [1.29, 1.82) is 0 Å². The number of hydrogen-bond acceptors (Lipinski definition) is 6. The highest BCUT2D eigenvalue weighted by Gasteiger charge is 2.27. The van der Waals surface area contributed by atoms with Gasteiger partial charge in [0, 0.05) is 54.0 Å². The minimum Gasteiger partial charge on any atom is -0.360 e. The molecule has 194 valence electrons. The molecule has 0 saturated carbocycles. The number of nitrogens with one attached hydrogen (secondary N) is 5. The zero-order chi connectivity index (χ0) is 26.5. The molecule has 4 aromatic rings. The molecule has 1 unspecified atom stereocenters. The maximum atomic E-state index is 12.9. The molecular formula is C28H28ClN7O2. The molecule has 1 saturated heterocycles. The predicted molar refractivity (Wildman–Crippen MR) is 150 cm³/mol. The molecule has 0 bridgehead atoms. The Morgan fingerprint density at radius 2 is 1.95 bits per heavy atom. The van der Waals surface area contributed by atoms with Crippen molar-refractivity contribution in [2.24, 2.45) is 5.92 Å². The van der Waals surface area contributed by atoms with Crippen molar-refractivity contribution in [2.75, 3.05) is 23.7 Å². The molecule has 5 rings (SSSR count). The van der Waals surface area contributed by atoms with Gasteiger partial charge in [-0.25, -0.2) is 9.97 Å². The number of aromatic nitrogens is 3. The largest absolute Gasteiger partial charge is 0.360 e. The van der Waals surface area contributed by atoms with Gasteiger partial charge in [-0.1, -0.05) is 48.5 Å². The first-order valence-corrected chi connectivity index (χ1v) is 12.7. The standard InChI is InChI=1S/C28H28ClN7O2/c1-2-25(37)34-19-9-7-17(8-10-19)12-32-27(38)18-11-20(14-30-13-18)35-28-33-16-23(29)26(36-28)22-15-31-24-6-4-3-5-21(22)24/h2-10,15-16,18,20,30-31H,1,11-14H2,(H,32,38)(H,34,37)(H,33,35,36)/t18-,20?/m1/s1. The van der Waals surface area contributed by atoms with E-state index in [2.05, 4.69) is 37.8 Å². The van der Waals surface area contributed by atoms with E-state index in [1.54, 1.807) is 18.3 Å². The highest BCUT2D eigenvalue weighted by atomic mass is 35.5. The number of amides is 2. The van der Waals surface area contributed by atoms with E-state index in [1.807, 2.05) is 42.6 Å². The van der Waals surface area contributed by atoms with Crippen LogP contribution in [0, 0.1) is 5.92 Å². The number of fused-ring (bicyclic) bond motifs is 1. The number of halogens is 1. The Balaban J connectivity index is 1.19. The lowest BCUT2D eigenvalue weighted by Crippen LogP contribution is -2.48. The van der Waals surface area contributed by atoms with Crippen molar-refractivity contribution >= 4 is 46.0 Å². The maximum Gasteiger partial charge on any atom is 0.247 e. The molecule has 1 aliphatic heterocycles. The summed E-state index contributed by atoms with van der Waals surface area (Å²) in [6, 6.07) is 15.3. The van der Waals surface area contributed by atoms with Gasteiger partial charge in [-0.15, -0.1) is 0 Å². The number of carbonyl (C=O) groups excluding carboxylic acids is 2. The predicted octanol–water partition coefficient (Wildman–Crippen LogP) is 4.11. The fraction of sp³-hybridized carbons (Fsp3) is 0.214. The first kappa shape index (κ1) is 25.4. The monoisotopic (exact) mass is 529 g/mol. The van der Waals surface area contributed by atoms with E-state index in [4.69, 9.17) is 16.6 Å². The second-order valence-electron chi connectivity index (χ2n) is 9.18. The number of anilines is 2. The lowest BCUT2D eigenvalue weighted by molar-refractivity contribution is -0.125. The summed E-state index contributed by atoms with van der Waals surface area (Å²) in [7, 11) is 0. The van der Waals surface area contributed by atoms with Crippen molar-refractivity contribution in [2.45, 2.75) is 19.0 Å². The number of H-pyrrole nitrogens is 1. The SMILES string of the molecule is C=CC(=O)Nc1ccc(CNC(=O)[C@H]2CNCC(Nc3ncc(Cl)c(-c4c[nH]c5ccccc45)n3)C2)cc1. The van der Waals surface area contributed by atoms with Crippen LogP contribution in [0.1, 0.15) is 12.0 Å². The molecule has 10 heteroatoms. The Bertz CT molecular complexity index is 1470. The van der Waals surface area contributed by atoms with Crippen LogP contribution in [0.2, 0.25) is 5.02 Å². The first-order chi connectivity index (χ1) is 18.5. The van der Waals surface area contributed by atoms with Crippen LogP contribution in [0.25, 0.3) is 22.2 Å². The van der Waals surface area contributed by atoms with Crippen molar-refractivity contribution in [3.8, 4) is 11.3 Å². The molecule has 2 aromatic heterocycles. The van der Waals surface area contributed by atoms with Crippen molar-refractivity contribution in [1.82, 2.24) is 25.6 Å². The lowest BCUT2D eigenvalue weighted by Gasteiger charge is -2.30. The third-order valence-corrected chi connectivity index (χ3v) is 6.79. The second kappa shape index (κ2) is 11.5. The van der Waals surface area contributed by atoms with Gasteiger partial charge in [0.25, 0.3) is 0 Å². The minimum absolute atomic E-state index is 0.0236. The Labute approximate surface area is 225 Å². The fourth-order valence-corrected chi connectivity index (χ4v) is 4.75. The van der Waals surface area contributed by atoms with Crippen LogP contribution in [0.3, 0.4) is 0 Å². The highest BCUT2D eigenvalue weighted by Crippen LogP contribution is 2.32. The summed E-state index contributed by atoms with van der Waals surface area (Å²) in [4.78, 5) is 36.6. The van der Waals surface area contributed by atoms with Gasteiger partial charge in [-0.05, 0) is 36.3 Å². The third-order valence-electron chi connectivity index (χ3n) is 6.52. The van der Waals surface area contributed by atoms with E-state index in [9.17, 15) is 9.59 Å². The second-order valence-corrected chi connectivity index (χ2v) is 9.59. The van der Waals surface area contributed by atoms with Gasteiger partial charge in [0.15, 0.2) is 0 Å². The Kier molecular flexibility index (Phi) is 7.67. The molecule has 2 amide bonds. The number of benzene rings is 2. The minimum atomic E-state index is -0.266. The summed E-state index contributed by atoms with van der Waals surface area (Å²) in [5.41, 5.74) is 4.17. The van der Waals surface area contributed by atoms with Crippen molar-refractivity contribution in [3.63, 3.8) is 0 Å². The van der Waals surface area contributed by atoms with Crippen LogP contribution in [0.5, 0.6) is 0 Å². The number of rotatable bonds is 8. The molecule has 0 radical (unpaired) electrons. The van der Waals surface area contributed by atoms with Crippen molar-refractivity contribution in [3.05, 3.63) is 84.2 Å².